The Kier molecular flexibility index (Phi) is 4.93. The average Bonchev–Trinajstić information content (AvgIpc) is 2.46. The van der Waals surface area contributed by atoms with Gasteiger partial charge in [0.2, 0.25) is 0 Å². The summed E-state index contributed by atoms with van der Waals surface area (Å²) in [6, 6.07) is 13.7. The molecular formula is C15H14ClNO2S. The lowest BCUT2D eigenvalue weighted by Gasteiger charge is -2.16. The van der Waals surface area contributed by atoms with Crippen molar-refractivity contribution < 1.29 is 9.90 Å². The maximum Gasteiger partial charge on any atom is 0.330 e. The third-order valence-corrected chi connectivity index (χ3v) is 3.85. The van der Waals surface area contributed by atoms with Gasteiger partial charge in [0.15, 0.2) is 6.04 Å². The Hall–Kier alpha value is -1.65. The molecule has 0 aromatic heterocycles. The lowest BCUT2D eigenvalue weighted by molar-refractivity contribution is -0.138. The van der Waals surface area contributed by atoms with Crippen molar-refractivity contribution in [2.24, 2.45) is 0 Å². The number of hydrogen-bond acceptors (Lipinski definition) is 3. The lowest BCUT2D eigenvalue weighted by atomic mass is 10.1. The lowest BCUT2D eigenvalue weighted by Crippen LogP contribution is -2.20. The molecule has 0 radical (unpaired) electrons. The highest BCUT2D eigenvalue weighted by atomic mass is 35.5. The fourth-order valence-corrected chi connectivity index (χ4v) is 2.33. The summed E-state index contributed by atoms with van der Waals surface area (Å²) in [5, 5.41) is 13.0. The van der Waals surface area contributed by atoms with Gasteiger partial charge in [0.05, 0.1) is 0 Å². The zero-order valence-corrected chi connectivity index (χ0v) is 12.4. The number of carboxylic acid groups (broad SMARTS) is 1. The average molecular weight is 308 g/mol. The minimum Gasteiger partial charge on any atom is -0.479 e. The fraction of sp³-hybridized carbons (Fsp3) is 0.133. The van der Waals surface area contributed by atoms with Crippen LogP contribution in [-0.2, 0) is 4.79 Å². The third kappa shape index (κ3) is 3.68. The van der Waals surface area contributed by atoms with E-state index in [-0.39, 0.29) is 0 Å². The van der Waals surface area contributed by atoms with Crippen LogP contribution < -0.4 is 5.32 Å². The molecule has 0 bridgehead atoms. The van der Waals surface area contributed by atoms with Gasteiger partial charge in [0.1, 0.15) is 0 Å². The smallest absolute Gasteiger partial charge is 0.330 e. The molecule has 1 unspecified atom stereocenters. The van der Waals surface area contributed by atoms with Crippen LogP contribution in [0.3, 0.4) is 0 Å². The highest BCUT2D eigenvalue weighted by Gasteiger charge is 2.19. The van der Waals surface area contributed by atoms with Gasteiger partial charge >= 0.3 is 5.97 Å². The van der Waals surface area contributed by atoms with E-state index in [4.69, 9.17) is 11.6 Å². The predicted octanol–water partition coefficient (Wildman–Crippen LogP) is 4.30. The van der Waals surface area contributed by atoms with E-state index in [2.05, 4.69) is 5.32 Å². The second-order valence-electron chi connectivity index (χ2n) is 4.20. The number of aliphatic carboxylic acids is 1. The highest BCUT2D eigenvalue weighted by Crippen LogP contribution is 2.23. The van der Waals surface area contributed by atoms with Crippen molar-refractivity contribution in [1.82, 2.24) is 0 Å². The summed E-state index contributed by atoms with van der Waals surface area (Å²) in [4.78, 5) is 12.5. The Labute approximate surface area is 127 Å². The van der Waals surface area contributed by atoms with Crippen LogP contribution in [0.5, 0.6) is 0 Å². The number of nitrogens with one attached hydrogen (secondary N) is 1. The predicted molar refractivity (Wildman–Crippen MR) is 83.7 cm³/mol. The van der Waals surface area contributed by atoms with Crippen LogP contribution in [0, 0.1) is 0 Å². The van der Waals surface area contributed by atoms with Gasteiger partial charge < -0.3 is 10.4 Å². The first-order chi connectivity index (χ1) is 9.60. The molecule has 0 fully saturated rings. The van der Waals surface area contributed by atoms with Gasteiger partial charge in [-0.15, -0.1) is 11.8 Å². The van der Waals surface area contributed by atoms with Crippen molar-refractivity contribution in [1.29, 1.82) is 0 Å². The van der Waals surface area contributed by atoms with E-state index >= 15 is 0 Å². The van der Waals surface area contributed by atoms with E-state index in [0.717, 1.165) is 10.6 Å². The molecule has 2 aromatic rings. The van der Waals surface area contributed by atoms with Crippen molar-refractivity contribution >= 4 is 35.0 Å². The largest absolute Gasteiger partial charge is 0.479 e. The molecule has 1 atom stereocenters. The molecule has 0 amide bonds. The molecule has 0 aliphatic carbocycles. The van der Waals surface area contributed by atoms with Crippen molar-refractivity contribution in [2.75, 3.05) is 11.6 Å². The minimum absolute atomic E-state index is 0.617. The maximum absolute atomic E-state index is 11.4. The molecular weight excluding hydrogens is 294 g/mol. The molecule has 2 aromatic carbocycles. The van der Waals surface area contributed by atoms with E-state index in [1.165, 1.54) is 0 Å². The van der Waals surface area contributed by atoms with Crippen LogP contribution in [0.25, 0.3) is 0 Å². The summed E-state index contributed by atoms with van der Waals surface area (Å²) in [5.41, 5.74) is 1.43. The molecule has 0 spiro atoms. The topological polar surface area (TPSA) is 49.3 Å². The van der Waals surface area contributed by atoms with E-state index in [1.54, 1.807) is 36.0 Å². The number of carbonyl (C=O) groups is 1. The Balaban J connectivity index is 2.22. The first-order valence-corrected chi connectivity index (χ1v) is 7.59. The van der Waals surface area contributed by atoms with Gasteiger partial charge in [0, 0.05) is 15.6 Å². The minimum atomic E-state index is -0.920. The summed E-state index contributed by atoms with van der Waals surface area (Å²) in [6.45, 7) is 0. The SMILES string of the molecule is CSc1ccc(C(Nc2ccc(Cl)cc2)C(=O)O)cc1. The summed E-state index contributed by atoms with van der Waals surface area (Å²) < 4.78 is 0. The van der Waals surface area contributed by atoms with E-state index < -0.39 is 12.0 Å². The third-order valence-electron chi connectivity index (χ3n) is 2.85. The summed E-state index contributed by atoms with van der Waals surface area (Å²) >= 11 is 7.44. The molecule has 0 aliphatic rings. The van der Waals surface area contributed by atoms with Crippen molar-refractivity contribution in [2.45, 2.75) is 10.9 Å². The normalized spacial score (nSPS) is 11.9. The number of carboxylic acids is 1. The van der Waals surface area contributed by atoms with Crippen LogP contribution in [-0.4, -0.2) is 17.3 Å². The monoisotopic (exact) mass is 307 g/mol. The van der Waals surface area contributed by atoms with Gasteiger partial charge in [-0.25, -0.2) is 4.79 Å². The molecule has 0 saturated heterocycles. The van der Waals surface area contributed by atoms with Crippen LogP contribution in [0.15, 0.2) is 53.4 Å². The van der Waals surface area contributed by atoms with Gasteiger partial charge in [0.25, 0.3) is 0 Å². The van der Waals surface area contributed by atoms with Crippen LogP contribution in [0.1, 0.15) is 11.6 Å². The molecule has 2 N–H and O–H groups in total. The highest BCUT2D eigenvalue weighted by molar-refractivity contribution is 7.98. The molecule has 0 heterocycles. The van der Waals surface area contributed by atoms with Gasteiger partial charge in [-0.3, -0.25) is 0 Å². The Bertz CT molecular complexity index is 584. The molecule has 0 aliphatic heterocycles. The van der Waals surface area contributed by atoms with Crippen molar-refractivity contribution in [3.8, 4) is 0 Å². The number of rotatable bonds is 5. The standard InChI is InChI=1S/C15H14ClNO2S/c1-20-13-8-2-10(3-9-13)14(15(18)19)17-12-6-4-11(16)5-7-12/h2-9,14,17H,1H3,(H,18,19). The first kappa shape index (κ1) is 14.8. The second kappa shape index (κ2) is 6.68. The Morgan fingerprint density at radius 2 is 1.75 bits per heavy atom. The van der Waals surface area contributed by atoms with E-state index in [9.17, 15) is 9.90 Å². The molecule has 5 heteroatoms. The number of anilines is 1. The van der Waals surface area contributed by atoms with Crippen molar-refractivity contribution in [3.05, 3.63) is 59.1 Å². The quantitative estimate of drug-likeness (QED) is 0.809. The van der Waals surface area contributed by atoms with Crippen LogP contribution >= 0.6 is 23.4 Å². The Morgan fingerprint density at radius 1 is 1.15 bits per heavy atom. The molecule has 104 valence electrons. The van der Waals surface area contributed by atoms with E-state index in [0.29, 0.717) is 10.6 Å². The number of halogens is 1. The summed E-state index contributed by atoms with van der Waals surface area (Å²) in [6.07, 6.45) is 1.98. The van der Waals surface area contributed by atoms with Gasteiger partial charge in [-0.2, -0.15) is 0 Å². The molecule has 20 heavy (non-hydrogen) atoms. The molecule has 2 rings (SSSR count). The number of thioether (sulfide) groups is 1. The number of benzene rings is 2. The van der Waals surface area contributed by atoms with Crippen LogP contribution in [0.2, 0.25) is 5.02 Å². The molecule has 0 saturated carbocycles. The Morgan fingerprint density at radius 3 is 2.25 bits per heavy atom. The van der Waals surface area contributed by atoms with Gasteiger partial charge in [-0.1, -0.05) is 23.7 Å². The fourth-order valence-electron chi connectivity index (χ4n) is 1.80. The zero-order chi connectivity index (χ0) is 14.5. The zero-order valence-electron chi connectivity index (χ0n) is 10.8. The maximum atomic E-state index is 11.4. The summed E-state index contributed by atoms with van der Waals surface area (Å²) in [5.74, 6) is -0.920. The molecule has 3 nitrogen and oxygen atoms in total. The first-order valence-electron chi connectivity index (χ1n) is 5.99. The second-order valence-corrected chi connectivity index (χ2v) is 5.51. The summed E-state index contributed by atoms with van der Waals surface area (Å²) in [7, 11) is 0. The number of hydrogen-bond donors (Lipinski definition) is 2. The van der Waals surface area contributed by atoms with Gasteiger partial charge in [-0.05, 0) is 48.2 Å². The van der Waals surface area contributed by atoms with E-state index in [1.807, 2.05) is 30.5 Å². The van der Waals surface area contributed by atoms with Crippen LogP contribution in [0.4, 0.5) is 5.69 Å². The van der Waals surface area contributed by atoms with Crippen molar-refractivity contribution in [3.63, 3.8) is 0 Å².